The predicted molar refractivity (Wildman–Crippen MR) is 130 cm³/mol. The van der Waals surface area contributed by atoms with Crippen molar-refractivity contribution in [3.8, 4) is 28.3 Å². The molecule has 6 heteroatoms. The second-order valence-electron chi connectivity index (χ2n) is 9.16. The molecule has 5 heterocycles. The molecule has 0 aliphatic carbocycles. The Hall–Kier alpha value is -3.25. The molecule has 0 spiro atoms. The summed E-state index contributed by atoms with van der Waals surface area (Å²) in [6.45, 7) is 2.90. The van der Waals surface area contributed by atoms with E-state index < -0.39 is 0 Å². The van der Waals surface area contributed by atoms with E-state index in [4.69, 9.17) is 9.84 Å². The molecule has 1 aromatic carbocycles. The fraction of sp³-hybridized carbons (Fsp3) is 0.370. The molecule has 1 fully saturated rings. The van der Waals surface area contributed by atoms with Crippen LogP contribution in [-0.4, -0.2) is 50.9 Å². The van der Waals surface area contributed by atoms with E-state index >= 15 is 0 Å². The Balaban J connectivity index is 1.34. The summed E-state index contributed by atoms with van der Waals surface area (Å²) in [7, 11) is 2.21. The van der Waals surface area contributed by atoms with Crippen molar-refractivity contribution in [1.82, 2.24) is 24.6 Å². The molecular weight excluding hydrogens is 410 g/mol. The maximum Gasteiger partial charge on any atom is 0.121 e. The Morgan fingerprint density at radius 3 is 2.85 bits per heavy atom. The first kappa shape index (κ1) is 20.4. The lowest BCUT2D eigenvalue weighted by Gasteiger charge is -2.19. The van der Waals surface area contributed by atoms with E-state index in [1.54, 1.807) is 0 Å². The van der Waals surface area contributed by atoms with Gasteiger partial charge in [0.2, 0.25) is 0 Å². The molecule has 4 aromatic rings. The van der Waals surface area contributed by atoms with Crippen molar-refractivity contribution in [1.29, 1.82) is 0 Å². The molecule has 1 saturated heterocycles. The molecule has 0 N–H and O–H groups in total. The van der Waals surface area contributed by atoms with Crippen LogP contribution in [0.25, 0.3) is 33.4 Å². The molecule has 1 atom stereocenters. The first-order valence-corrected chi connectivity index (χ1v) is 12.0. The Morgan fingerprint density at radius 2 is 2.00 bits per heavy atom. The van der Waals surface area contributed by atoms with Crippen molar-refractivity contribution in [2.45, 2.75) is 44.7 Å². The minimum atomic E-state index is 0.643. The number of pyridine rings is 2. The van der Waals surface area contributed by atoms with Gasteiger partial charge >= 0.3 is 0 Å². The van der Waals surface area contributed by atoms with Gasteiger partial charge in [-0.1, -0.05) is 6.07 Å². The molecule has 0 radical (unpaired) electrons. The minimum absolute atomic E-state index is 0.643. The number of aryl methyl sites for hydroxylation is 1. The lowest BCUT2D eigenvalue weighted by Crippen LogP contribution is -2.26. The van der Waals surface area contributed by atoms with Gasteiger partial charge in [-0.3, -0.25) is 14.6 Å². The number of nitrogens with zero attached hydrogens (tertiary/aromatic N) is 5. The van der Waals surface area contributed by atoms with Crippen LogP contribution in [0.3, 0.4) is 0 Å². The highest BCUT2D eigenvalue weighted by molar-refractivity contribution is 5.99. The van der Waals surface area contributed by atoms with Gasteiger partial charge in [-0.25, -0.2) is 0 Å². The monoisotopic (exact) mass is 439 g/mol. The van der Waals surface area contributed by atoms with Crippen LogP contribution >= 0.6 is 0 Å². The standard InChI is InChI=1S/C27H29N5O/c1-31-15-4-6-19(31)12-17-33-20-9-10-21-22(11-14-29-24(21)18-20)26-25-8-5-16-32(25)30-27(26)23-7-2-3-13-28-23/h2-3,7,9-11,13-14,18-19H,4-6,8,12,15-17H2,1H3. The Morgan fingerprint density at radius 1 is 1.03 bits per heavy atom. The summed E-state index contributed by atoms with van der Waals surface area (Å²) in [5.74, 6) is 0.887. The number of likely N-dealkylation sites (tertiary alicyclic amines) is 1. The average molecular weight is 440 g/mol. The van der Waals surface area contributed by atoms with Gasteiger partial charge in [-0.05, 0) is 81.6 Å². The highest BCUT2D eigenvalue weighted by atomic mass is 16.5. The first-order valence-electron chi connectivity index (χ1n) is 12.0. The zero-order chi connectivity index (χ0) is 22.2. The number of hydrogen-bond acceptors (Lipinski definition) is 5. The van der Waals surface area contributed by atoms with E-state index in [1.165, 1.54) is 36.2 Å². The third-order valence-electron chi connectivity index (χ3n) is 7.12. The van der Waals surface area contributed by atoms with Gasteiger partial charge in [0.25, 0.3) is 0 Å². The lowest BCUT2D eigenvalue weighted by atomic mass is 9.96. The largest absolute Gasteiger partial charge is 0.493 e. The molecule has 2 aliphatic rings. The average Bonchev–Trinajstić information content (AvgIpc) is 3.56. The zero-order valence-corrected chi connectivity index (χ0v) is 19.1. The van der Waals surface area contributed by atoms with Gasteiger partial charge in [0.15, 0.2) is 0 Å². The van der Waals surface area contributed by atoms with Gasteiger partial charge < -0.3 is 9.64 Å². The predicted octanol–water partition coefficient (Wildman–Crippen LogP) is 4.97. The Bertz CT molecular complexity index is 1280. The van der Waals surface area contributed by atoms with Crippen molar-refractivity contribution in [2.24, 2.45) is 0 Å². The summed E-state index contributed by atoms with van der Waals surface area (Å²) in [6, 6.07) is 15.1. The fourth-order valence-corrected chi connectivity index (χ4v) is 5.39. The summed E-state index contributed by atoms with van der Waals surface area (Å²) in [4.78, 5) is 11.7. The first-order chi connectivity index (χ1) is 16.3. The molecule has 6 nitrogen and oxygen atoms in total. The normalized spacial score (nSPS) is 18.2. The summed E-state index contributed by atoms with van der Waals surface area (Å²) in [5.41, 5.74) is 6.48. The van der Waals surface area contributed by atoms with E-state index in [9.17, 15) is 0 Å². The van der Waals surface area contributed by atoms with Crippen molar-refractivity contribution in [3.63, 3.8) is 0 Å². The van der Waals surface area contributed by atoms with Crippen molar-refractivity contribution in [3.05, 3.63) is 60.6 Å². The molecule has 168 valence electrons. The maximum absolute atomic E-state index is 6.13. The third kappa shape index (κ3) is 3.78. The number of benzene rings is 1. The highest BCUT2D eigenvalue weighted by Crippen LogP contribution is 2.40. The molecule has 6 rings (SSSR count). The Kier molecular flexibility index (Phi) is 5.30. The quantitative estimate of drug-likeness (QED) is 0.425. The van der Waals surface area contributed by atoms with Gasteiger partial charge in [0.05, 0.1) is 17.8 Å². The van der Waals surface area contributed by atoms with Crippen LogP contribution in [0.2, 0.25) is 0 Å². The third-order valence-corrected chi connectivity index (χ3v) is 7.12. The second kappa shape index (κ2) is 8.60. The molecule has 0 amide bonds. The summed E-state index contributed by atoms with van der Waals surface area (Å²) < 4.78 is 8.28. The SMILES string of the molecule is CN1CCCC1CCOc1ccc2c(-c3c(-c4ccccn4)nn4c3CCC4)ccnc2c1. The molecule has 3 aromatic heterocycles. The van der Waals surface area contributed by atoms with Gasteiger partial charge in [0, 0.05) is 47.7 Å². The minimum Gasteiger partial charge on any atom is -0.493 e. The van der Waals surface area contributed by atoms with Crippen molar-refractivity contribution in [2.75, 3.05) is 20.2 Å². The van der Waals surface area contributed by atoms with E-state index in [1.807, 2.05) is 30.6 Å². The summed E-state index contributed by atoms with van der Waals surface area (Å²) in [6.07, 6.45) is 9.54. The van der Waals surface area contributed by atoms with Crippen molar-refractivity contribution < 1.29 is 4.74 Å². The number of ether oxygens (including phenoxy) is 1. The van der Waals surface area contributed by atoms with Crippen LogP contribution in [0.5, 0.6) is 5.75 Å². The number of hydrogen-bond donors (Lipinski definition) is 0. The number of aromatic nitrogens is 4. The summed E-state index contributed by atoms with van der Waals surface area (Å²) >= 11 is 0. The Labute approximate surface area is 194 Å². The van der Waals surface area contributed by atoms with Gasteiger partial charge in [-0.15, -0.1) is 0 Å². The van der Waals surface area contributed by atoms with E-state index in [0.717, 1.165) is 60.5 Å². The van der Waals surface area contributed by atoms with Crippen LogP contribution in [0.4, 0.5) is 0 Å². The smallest absolute Gasteiger partial charge is 0.121 e. The fourth-order valence-electron chi connectivity index (χ4n) is 5.39. The zero-order valence-electron chi connectivity index (χ0n) is 19.1. The number of rotatable bonds is 6. The molecule has 33 heavy (non-hydrogen) atoms. The van der Waals surface area contributed by atoms with Crippen LogP contribution in [0.15, 0.2) is 54.9 Å². The highest BCUT2D eigenvalue weighted by Gasteiger charge is 2.25. The van der Waals surface area contributed by atoms with E-state index in [2.05, 4.69) is 50.9 Å². The van der Waals surface area contributed by atoms with Crippen LogP contribution in [0, 0.1) is 0 Å². The molecule has 0 saturated carbocycles. The van der Waals surface area contributed by atoms with E-state index in [-0.39, 0.29) is 0 Å². The molecule has 2 aliphatic heterocycles. The topological polar surface area (TPSA) is 56.1 Å². The molecular formula is C27H29N5O. The van der Waals surface area contributed by atoms with Crippen LogP contribution < -0.4 is 4.74 Å². The van der Waals surface area contributed by atoms with Gasteiger partial charge in [-0.2, -0.15) is 5.10 Å². The maximum atomic E-state index is 6.13. The lowest BCUT2D eigenvalue weighted by molar-refractivity contribution is 0.233. The van der Waals surface area contributed by atoms with Gasteiger partial charge in [0.1, 0.15) is 11.4 Å². The molecule has 1 unspecified atom stereocenters. The second-order valence-corrected chi connectivity index (χ2v) is 9.16. The van der Waals surface area contributed by atoms with Crippen LogP contribution in [-0.2, 0) is 13.0 Å². The van der Waals surface area contributed by atoms with Crippen molar-refractivity contribution >= 4 is 10.9 Å². The molecule has 0 bridgehead atoms. The number of fused-ring (bicyclic) bond motifs is 2. The summed E-state index contributed by atoms with van der Waals surface area (Å²) in [5, 5.41) is 6.08. The van der Waals surface area contributed by atoms with E-state index in [0.29, 0.717) is 6.04 Å². The van der Waals surface area contributed by atoms with Crippen LogP contribution in [0.1, 0.15) is 31.4 Å².